The topological polar surface area (TPSA) is 29.5 Å². The van der Waals surface area contributed by atoms with Gasteiger partial charge in [0, 0.05) is 5.92 Å². The van der Waals surface area contributed by atoms with E-state index >= 15 is 0 Å². The average Bonchev–Trinajstić information content (AvgIpc) is 2.29. The van der Waals surface area contributed by atoms with Crippen LogP contribution in [0.1, 0.15) is 12.5 Å². The van der Waals surface area contributed by atoms with Crippen LogP contribution in [0.25, 0.3) is 0 Å². The summed E-state index contributed by atoms with van der Waals surface area (Å²) in [7, 11) is 0. The zero-order chi connectivity index (χ0) is 11.1. The average molecular weight is 204 g/mol. The van der Waals surface area contributed by atoms with Crippen molar-refractivity contribution in [3.63, 3.8) is 0 Å². The molecular weight excluding hydrogens is 188 g/mol. The van der Waals surface area contributed by atoms with Crippen molar-refractivity contribution in [2.75, 3.05) is 6.61 Å². The Morgan fingerprint density at radius 1 is 1.40 bits per heavy atom. The Kier molecular flexibility index (Phi) is 4.89. The van der Waals surface area contributed by atoms with Crippen molar-refractivity contribution in [2.24, 2.45) is 5.92 Å². The Bertz CT molecular complexity index is 313. The molecule has 0 unspecified atom stereocenters. The second-order valence-electron chi connectivity index (χ2n) is 3.52. The summed E-state index contributed by atoms with van der Waals surface area (Å²) in [4.78, 5) is 0. The van der Waals surface area contributed by atoms with Crippen molar-refractivity contribution in [3.05, 3.63) is 35.9 Å². The molecule has 0 spiro atoms. The van der Waals surface area contributed by atoms with Crippen molar-refractivity contribution < 1.29 is 9.84 Å². The summed E-state index contributed by atoms with van der Waals surface area (Å²) >= 11 is 0. The van der Waals surface area contributed by atoms with Gasteiger partial charge in [-0.15, -0.1) is 12.3 Å². The number of ether oxygens (including phenoxy) is 1. The Morgan fingerprint density at radius 3 is 2.67 bits per heavy atom. The Balaban J connectivity index is 2.26. The first kappa shape index (κ1) is 11.8. The fourth-order valence-electron chi connectivity index (χ4n) is 1.13. The first-order valence-electron chi connectivity index (χ1n) is 5.00. The van der Waals surface area contributed by atoms with E-state index in [1.54, 1.807) is 6.92 Å². The van der Waals surface area contributed by atoms with Gasteiger partial charge in [-0.05, 0) is 12.5 Å². The number of benzene rings is 1. The van der Waals surface area contributed by atoms with Crippen LogP contribution in [-0.4, -0.2) is 17.8 Å². The number of terminal acetylenes is 1. The SMILES string of the molecule is C#C[C@@H](C)[C@@H](O)COCc1ccccc1. The standard InChI is InChI=1S/C13H16O2/c1-3-11(2)13(14)10-15-9-12-7-5-4-6-8-12/h1,4-8,11,13-14H,9-10H2,2H3/t11-,13+/m1/s1. The van der Waals surface area contributed by atoms with E-state index < -0.39 is 6.10 Å². The van der Waals surface area contributed by atoms with Gasteiger partial charge in [-0.25, -0.2) is 0 Å². The maximum absolute atomic E-state index is 9.53. The lowest BCUT2D eigenvalue weighted by Gasteiger charge is -2.13. The second-order valence-corrected chi connectivity index (χ2v) is 3.52. The first-order valence-corrected chi connectivity index (χ1v) is 5.00. The van der Waals surface area contributed by atoms with Crippen LogP contribution in [0.3, 0.4) is 0 Å². The minimum absolute atomic E-state index is 0.166. The van der Waals surface area contributed by atoms with Crippen LogP contribution >= 0.6 is 0 Å². The van der Waals surface area contributed by atoms with Crippen molar-refractivity contribution >= 4 is 0 Å². The number of aliphatic hydroxyl groups is 1. The molecule has 1 aromatic rings. The van der Waals surface area contributed by atoms with Crippen LogP contribution in [0.5, 0.6) is 0 Å². The van der Waals surface area contributed by atoms with Gasteiger partial charge < -0.3 is 9.84 Å². The maximum Gasteiger partial charge on any atom is 0.0908 e. The summed E-state index contributed by atoms with van der Waals surface area (Å²) in [5, 5.41) is 9.53. The van der Waals surface area contributed by atoms with Crippen LogP contribution < -0.4 is 0 Å². The summed E-state index contributed by atoms with van der Waals surface area (Å²) in [6.45, 7) is 2.59. The highest BCUT2D eigenvalue weighted by atomic mass is 16.5. The van der Waals surface area contributed by atoms with Crippen LogP contribution in [0.4, 0.5) is 0 Å². The predicted octanol–water partition coefficient (Wildman–Crippen LogP) is 1.83. The van der Waals surface area contributed by atoms with Gasteiger partial charge in [-0.1, -0.05) is 30.3 Å². The lowest BCUT2D eigenvalue weighted by molar-refractivity contribution is 0.0135. The number of hydrogen-bond acceptors (Lipinski definition) is 2. The van der Waals surface area contributed by atoms with Gasteiger partial charge in [-0.2, -0.15) is 0 Å². The smallest absolute Gasteiger partial charge is 0.0908 e. The van der Waals surface area contributed by atoms with Crippen molar-refractivity contribution in [2.45, 2.75) is 19.6 Å². The molecule has 0 aliphatic carbocycles. The molecule has 0 aliphatic heterocycles. The van der Waals surface area contributed by atoms with Gasteiger partial charge in [0.25, 0.3) is 0 Å². The van der Waals surface area contributed by atoms with E-state index in [9.17, 15) is 5.11 Å². The first-order chi connectivity index (χ1) is 7.24. The minimum atomic E-state index is -0.585. The molecule has 1 rings (SSSR count). The van der Waals surface area contributed by atoms with Crippen LogP contribution in [0.2, 0.25) is 0 Å². The van der Waals surface area contributed by atoms with E-state index in [0.717, 1.165) is 5.56 Å². The molecule has 2 nitrogen and oxygen atoms in total. The number of hydrogen-bond donors (Lipinski definition) is 1. The number of rotatable bonds is 5. The second kappa shape index (κ2) is 6.23. The van der Waals surface area contributed by atoms with Gasteiger partial charge in [0.15, 0.2) is 0 Å². The van der Waals surface area contributed by atoms with E-state index in [1.807, 2.05) is 30.3 Å². The van der Waals surface area contributed by atoms with Gasteiger partial charge in [0.05, 0.1) is 19.3 Å². The summed E-state index contributed by atoms with van der Waals surface area (Å²) in [6, 6.07) is 9.84. The normalized spacial score (nSPS) is 14.2. The fraction of sp³-hybridized carbons (Fsp3) is 0.385. The van der Waals surface area contributed by atoms with E-state index in [2.05, 4.69) is 5.92 Å². The van der Waals surface area contributed by atoms with Gasteiger partial charge in [0.2, 0.25) is 0 Å². The molecule has 0 saturated carbocycles. The third-order valence-electron chi connectivity index (χ3n) is 2.24. The molecule has 0 aliphatic rings. The highest BCUT2D eigenvalue weighted by Crippen LogP contribution is 2.04. The minimum Gasteiger partial charge on any atom is -0.389 e. The monoisotopic (exact) mass is 204 g/mol. The fourth-order valence-corrected chi connectivity index (χ4v) is 1.13. The van der Waals surface area contributed by atoms with Crippen LogP contribution in [0, 0.1) is 18.3 Å². The molecule has 80 valence electrons. The highest BCUT2D eigenvalue weighted by Gasteiger charge is 2.10. The molecule has 1 N–H and O–H groups in total. The van der Waals surface area contributed by atoms with Gasteiger partial charge in [-0.3, -0.25) is 0 Å². The Hall–Kier alpha value is -1.30. The van der Waals surface area contributed by atoms with Gasteiger partial charge in [0.1, 0.15) is 0 Å². The molecular formula is C13H16O2. The summed E-state index contributed by atoms with van der Waals surface area (Å²) < 4.78 is 5.36. The van der Waals surface area contributed by atoms with Crippen molar-refractivity contribution in [1.82, 2.24) is 0 Å². The van der Waals surface area contributed by atoms with Crippen molar-refractivity contribution in [3.8, 4) is 12.3 Å². The molecule has 0 radical (unpaired) electrons. The van der Waals surface area contributed by atoms with E-state index in [1.165, 1.54) is 0 Å². The third-order valence-corrected chi connectivity index (χ3v) is 2.24. The summed E-state index contributed by atoms with van der Waals surface area (Å²) in [6.07, 6.45) is 4.61. The molecule has 0 amide bonds. The van der Waals surface area contributed by atoms with E-state index in [-0.39, 0.29) is 12.5 Å². The molecule has 15 heavy (non-hydrogen) atoms. The zero-order valence-electron chi connectivity index (χ0n) is 8.89. The zero-order valence-corrected chi connectivity index (χ0v) is 8.89. The van der Waals surface area contributed by atoms with Crippen LogP contribution in [0.15, 0.2) is 30.3 Å². The summed E-state index contributed by atoms with van der Waals surface area (Å²) in [5.74, 6) is 2.32. The quantitative estimate of drug-likeness (QED) is 0.741. The largest absolute Gasteiger partial charge is 0.389 e. The third kappa shape index (κ3) is 4.16. The number of aliphatic hydroxyl groups excluding tert-OH is 1. The maximum atomic E-state index is 9.53. The molecule has 0 fully saturated rings. The molecule has 0 aromatic heterocycles. The van der Waals surface area contributed by atoms with Gasteiger partial charge >= 0.3 is 0 Å². The van der Waals surface area contributed by atoms with Crippen LogP contribution in [-0.2, 0) is 11.3 Å². The highest BCUT2D eigenvalue weighted by molar-refractivity contribution is 5.13. The molecule has 2 heteroatoms. The van der Waals surface area contributed by atoms with Crippen molar-refractivity contribution in [1.29, 1.82) is 0 Å². The predicted molar refractivity (Wildman–Crippen MR) is 60.1 cm³/mol. The molecule has 2 atom stereocenters. The lowest BCUT2D eigenvalue weighted by Crippen LogP contribution is -2.22. The Morgan fingerprint density at radius 2 is 2.07 bits per heavy atom. The molecule has 0 saturated heterocycles. The molecule has 0 heterocycles. The molecule has 1 aromatic carbocycles. The van der Waals surface area contributed by atoms with E-state index in [4.69, 9.17) is 11.2 Å². The van der Waals surface area contributed by atoms with E-state index in [0.29, 0.717) is 6.61 Å². The lowest BCUT2D eigenvalue weighted by atomic mass is 10.1. The molecule has 0 bridgehead atoms. The Labute approximate surface area is 90.9 Å². The summed E-state index contributed by atoms with van der Waals surface area (Å²) in [5.41, 5.74) is 1.10.